The highest BCUT2D eigenvalue weighted by Gasteiger charge is 2.01. The summed E-state index contributed by atoms with van der Waals surface area (Å²) in [6, 6.07) is 15.0. The maximum Gasteiger partial charge on any atom is 0.226 e. The predicted octanol–water partition coefficient (Wildman–Crippen LogP) is 3.58. The average molecular weight is 291 g/mol. The van der Waals surface area contributed by atoms with Gasteiger partial charge in [-0.2, -0.15) is 0 Å². The lowest BCUT2D eigenvalue weighted by atomic mass is 10.1. The number of ether oxygens (including phenoxy) is 2. The van der Waals surface area contributed by atoms with Crippen LogP contribution in [-0.2, 0) is 17.8 Å². The summed E-state index contributed by atoms with van der Waals surface area (Å²) in [6.45, 7) is 0.484. The Balaban J connectivity index is 1.91. The molecule has 0 fully saturated rings. The van der Waals surface area contributed by atoms with Crippen LogP contribution in [0.5, 0.6) is 11.5 Å². The van der Waals surface area contributed by atoms with Crippen molar-refractivity contribution < 1.29 is 14.3 Å². The summed E-state index contributed by atoms with van der Waals surface area (Å²) in [7, 11) is 1.64. The number of benzene rings is 2. The Morgan fingerprint density at radius 1 is 0.950 bits per heavy atom. The van der Waals surface area contributed by atoms with E-state index in [1.165, 1.54) is 0 Å². The molecule has 0 heterocycles. The first-order chi connectivity index (χ1) is 9.67. The van der Waals surface area contributed by atoms with Crippen LogP contribution in [0.3, 0.4) is 0 Å². The van der Waals surface area contributed by atoms with Crippen LogP contribution in [0, 0.1) is 0 Å². The lowest BCUT2D eigenvalue weighted by Crippen LogP contribution is -1.97. The van der Waals surface area contributed by atoms with Crippen molar-refractivity contribution in [2.75, 3.05) is 7.11 Å². The van der Waals surface area contributed by atoms with E-state index < -0.39 is 0 Å². The third-order valence-corrected chi connectivity index (χ3v) is 2.96. The van der Waals surface area contributed by atoms with Crippen molar-refractivity contribution in [2.45, 2.75) is 13.0 Å². The zero-order valence-electron chi connectivity index (χ0n) is 11.1. The molecule has 0 aliphatic heterocycles. The molecule has 0 aliphatic rings. The van der Waals surface area contributed by atoms with Crippen LogP contribution in [0.4, 0.5) is 0 Å². The van der Waals surface area contributed by atoms with Crippen LogP contribution >= 0.6 is 11.6 Å². The maximum atomic E-state index is 10.8. The second-order valence-electron chi connectivity index (χ2n) is 4.31. The predicted molar refractivity (Wildman–Crippen MR) is 78.3 cm³/mol. The highest BCUT2D eigenvalue weighted by atomic mass is 35.5. The van der Waals surface area contributed by atoms with Gasteiger partial charge in [0.15, 0.2) is 0 Å². The Labute approximate surface area is 123 Å². The summed E-state index contributed by atoms with van der Waals surface area (Å²) >= 11 is 5.34. The van der Waals surface area contributed by atoms with Gasteiger partial charge in [0.25, 0.3) is 0 Å². The SMILES string of the molecule is COc1ccc(COc2ccc(CC(=O)Cl)cc2)cc1. The van der Waals surface area contributed by atoms with Gasteiger partial charge in [-0.3, -0.25) is 4.79 Å². The van der Waals surface area contributed by atoms with Crippen LogP contribution in [0.25, 0.3) is 0 Å². The summed E-state index contributed by atoms with van der Waals surface area (Å²) in [5.41, 5.74) is 1.94. The van der Waals surface area contributed by atoms with Crippen LogP contribution in [0.2, 0.25) is 0 Å². The van der Waals surface area contributed by atoms with Crippen LogP contribution in [0.1, 0.15) is 11.1 Å². The Bertz CT molecular complexity index is 561. The van der Waals surface area contributed by atoms with E-state index >= 15 is 0 Å². The lowest BCUT2D eigenvalue weighted by molar-refractivity contribution is -0.111. The van der Waals surface area contributed by atoms with Gasteiger partial charge < -0.3 is 9.47 Å². The number of methoxy groups -OCH3 is 1. The van der Waals surface area contributed by atoms with Gasteiger partial charge in [-0.15, -0.1) is 0 Å². The van der Waals surface area contributed by atoms with Gasteiger partial charge in [-0.1, -0.05) is 24.3 Å². The first kappa shape index (κ1) is 14.4. The van der Waals surface area contributed by atoms with Gasteiger partial charge in [-0.25, -0.2) is 0 Å². The Morgan fingerprint density at radius 2 is 1.50 bits per heavy atom. The molecule has 0 aromatic heterocycles. The number of carbonyl (C=O) groups excluding carboxylic acids is 1. The first-order valence-corrected chi connectivity index (χ1v) is 6.58. The van der Waals surface area contributed by atoms with Gasteiger partial charge in [0.05, 0.1) is 7.11 Å². The first-order valence-electron chi connectivity index (χ1n) is 6.20. The largest absolute Gasteiger partial charge is 0.497 e. The monoisotopic (exact) mass is 290 g/mol. The molecule has 0 N–H and O–H groups in total. The van der Waals surface area contributed by atoms with E-state index in [0.717, 1.165) is 22.6 Å². The Morgan fingerprint density at radius 3 is 2.05 bits per heavy atom. The van der Waals surface area contributed by atoms with Crippen molar-refractivity contribution in [1.82, 2.24) is 0 Å². The van der Waals surface area contributed by atoms with Gasteiger partial charge >= 0.3 is 0 Å². The molecule has 0 bridgehead atoms. The molecule has 0 unspecified atom stereocenters. The van der Waals surface area contributed by atoms with Gasteiger partial charge in [0.1, 0.15) is 18.1 Å². The second-order valence-corrected chi connectivity index (χ2v) is 4.73. The number of hydrogen-bond donors (Lipinski definition) is 0. The van der Waals surface area contributed by atoms with E-state index in [2.05, 4.69) is 0 Å². The molecule has 0 amide bonds. The van der Waals surface area contributed by atoms with Crippen LogP contribution in [-0.4, -0.2) is 12.4 Å². The second kappa shape index (κ2) is 6.96. The summed E-state index contributed by atoms with van der Waals surface area (Å²) in [4.78, 5) is 10.8. The van der Waals surface area contributed by atoms with Crippen LogP contribution < -0.4 is 9.47 Å². The highest BCUT2D eigenvalue weighted by molar-refractivity contribution is 6.63. The number of rotatable bonds is 6. The topological polar surface area (TPSA) is 35.5 Å². The fraction of sp³-hybridized carbons (Fsp3) is 0.188. The van der Waals surface area contributed by atoms with Gasteiger partial charge in [0, 0.05) is 6.42 Å². The third kappa shape index (κ3) is 4.28. The fourth-order valence-corrected chi connectivity index (χ4v) is 1.91. The summed E-state index contributed by atoms with van der Waals surface area (Å²) < 4.78 is 10.8. The molecule has 0 aliphatic carbocycles. The zero-order valence-corrected chi connectivity index (χ0v) is 11.9. The maximum absolute atomic E-state index is 10.8. The third-order valence-electron chi connectivity index (χ3n) is 2.83. The molecule has 0 saturated heterocycles. The summed E-state index contributed by atoms with van der Waals surface area (Å²) in [6.07, 6.45) is 0.236. The number of hydrogen-bond acceptors (Lipinski definition) is 3. The molecular formula is C16H15ClO3. The Kier molecular flexibility index (Phi) is 5.02. The van der Waals surface area contributed by atoms with Crippen molar-refractivity contribution in [1.29, 1.82) is 0 Å². The van der Waals surface area contributed by atoms with E-state index in [0.29, 0.717) is 6.61 Å². The van der Waals surface area contributed by atoms with Gasteiger partial charge in [-0.05, 0) is 47.0 Å². The number of halogens is 1. The molecule has 20 heavy (non-hydrogen) atoms. The molecule has 2 rings (SSSR count). The average Bonchev–Trinajstić information content (AvgIpc) is 2.46. The van der Waals surface area contributed by atoms with E-state index in [9.17, 15) is 4.79 Å². The zero-order chi connectivity index (χ0) is 14.4. The summed E-state index contributed by atoms with van der Waals surface area (Å²) in [5.74, 6) is 1.58. The molecule has 0 atom stereocenters. The quantitative estimate of drug-likeness (QED) is 0.763. The minimum Gasteiger partial charge on any atom is -0.497 e. The van der Waals surface area contributed by atoms with Crippen LogP contribution in [0.15, 0.2) is 48.5 Å². The van der Waals surface area contributed by atoms with Crippen molar-refractivity contribution in [3.63, 3.8) is 0 Å². The lowest BCUT2D eigenvalue weighted by Gasteiger charge is -2.07. The standard InChI is InChI=1S/C16H15ClO3/c1-19-14-6-4-13(5-7-14)11-20-15-8-2-12(3-9-15)10-16(17)18/h2-9H,10-11H2,1H3. The highest BCUT2D eigenvalue weighted by Crippen LogP contribution is 2.16. The molecular weight excluding hydrogens is 276 g/mol. The molecule has 0 spiro atoms. The number of carbonyl (C=O) groups is 1. The fourth-order valence-electron chi connectivity index (χ4n) is 1.75. The molecule has 2 aromatic carbocycles. The smallest absolute Gasteiger partial charge is 0.226 e. The van der Waals surface area contributed by atoms with E-state index in [4.69, 9.17) is 21.1 Å². The van der Waals surface area contributed by atoms with Crippen molar-refractivity contribution in [3.05, 3.63) is 59.7 Å². The van der Waals surface area contributed by atoms with E-state index in [1.54, 1.807) is 7.11 Å². The van der Waals surface area contributed by atoms with E-state index in [1.807, 2.05) is 48.5 Å². The van der Waals surface area contributed by atoms with Gasteiger partial charge in [0.2, 0.25) is 5.24 Å². The normalized spacial score (nSPS) is 10.1. The summed E-state index contributed by atoms with van der Waals surface area (Å²) in [5, 5.41) is -0.364. The Hall–Kier alpha value is -2.00. The molecule has 4 heteroatoms. The molecule has 0 radical (unpaired) electrons. The molecule has 3 nitrogen and oxygen atoms in total. The van der Waals surface area contributed by atoms with Crippen molar-refractivity contribution in [2.24, 2.45) is 0 Å². The van der Waals surface area contributed by atoms with E-state index in [-0.39, 0.29) is 11.7 Å². The molecule has 104 valence electrons. The molecule has 0 saturated carbocycles. The van der Waals surface area contributed by atoms with Crippen molar-refractivity contribution in [3.8, 4) is 11.5 Å². The minimum absolute atomic E-state index is 0.236. The molecule has 2 aromatic rings. The minimum atomic E-state index is -0.364. The van der Waals surface area contributed by atoms with Crippen molar-refractivity contribution >= 4 is 16.8 Å².